The van der Waals surface area contributed by atoms with Crippen LogP contribution in [0, 0.1) is 0 Å². The Balaban J connectivity index is 1.68. The summed E-state index contributed by atoms with van der Waals surface area (Å²) in [6, 6.07) is 22.2. The highest BCUT2D eigenvalue weighted by Gasteiger charge is 2.36. The van der Waals surface area contributed by atoms with Gasteiger partial charge in [0.2, 0.25) is 5.91 Å². The Bertz CT molecular complexity index is 1650. The second-order valence-electron chi connectivity index (χ2n) is 9.25. The quantitative estimate of drug-likeness (QED) is 0.266. The number of benzene rings is 3. The molecular formula is C30H26BrN3O5. The number of hydrogen-bond acceptors (Lipinski definition) is 5. The molecule has 1 aromatic heterocycles. The third-order valence-electron chi connectivity index (χ3n) is 6.77. The molecule has 3 aromatic carbocycles. The molecule has 1 aliphatic heterocycles. The SMILES string of the molecule is COc1ccccc1[C@H]1CC(c2c(-c3ccccc3)c3cc(Br)ccc3[nH]c2=O)=NN1C(=O)CCCC(=O)O. The minimum atomic E-state index is -0.962. The predicted octanol–water partition coefficient (Wildman–Crippen LogP) is 5.90. The number of para-hydroxylation sites is 1. The summed E-state index contributed by atoms with van der Waals surface area (Å²) in [4.78, 5) is 41.1. The van der Waals surface area contributed by atoms with Crippen LogP contribution in [0.5, 0.6) is 5.75 Å². The van der Waals surface area contributed by atoms with E-state index in [1.54, 1.807) is 7.11 Å². The molecule has 0 unspecified atom stereocenters. The minimum absolute atomic E-state index is 0.0152. The number of carbonyl (C=O) groups is 2. The predicted molar refractivity (Wildman–Crippen MR) is 153 cm³/mol. The van der Waals surface area contributed by atoms with Crippen LogP contribution in [-0.2, 0) is 9.59 Å². The van der Waals surface area contributed by atoms with Crippen LogP contribution in [0.3, 0.4) is 0 Å². The van der Waals surface area contributed by atoms with Crippen LogP contribution in [0.25, 0.3) is 22.0 Å². The molecule has 39 heavy (non-hydrogen) atoms. The number of carboxylic acid groups (broad SMARTS) is 1. The smallest absolute Gasteiger partial charge is 0.303 e. The standard InChI is InChI=1S/C30H26BrN3O5/c1-39-25-11-6-5-10-20(25)24-17-23(33-34(24)26(35)12-7-13-27(36)37)29-28(18-8-3-2-4-9-18)21-16-19(31)14-15-22(21)32-30(29)38/h2-6,8-11,14-16,24H,7,12-13,17H2,1H3,(H,32,38)(H,36,37)/t24-/m1/s1. The van der Waals surface area contributed by atoms with E-state index in [1.165, 1.54) is 5.01 Å². The van der Waals surface area contributed by atoms with Crippen molar-refractivity contribution in [2.24, 2.45) is 5.10 Å². The molecule has 1 atom stereocenters. The van der Waals surface area contributed by atoms with Crippen molar-refractivity contribution >= 4 is 44.4 Å². The Hall–Kier alpha value is -4.24. The van der Waals surface area contributed by atoms with E-state index in [1.807, 2.05) is 72.8 Å². The number of nitrogens with one attached hydrogen (secondary N) is 1. The van der Waals surface area contributed by atoms with Crippen LogP contribution < -0.4 is 10.3 Å². The monoisotopic (exact) mass is 587 g/mol. The highest BCUT2D eigenvalue weighted by molar-refractivity contribution is 9.10. The van der Waals surface area contributed by atoms with E-state index in [-0.39, 0.29) is 37.1 Å². The van der Waals surface area contributed by atoms with Gasteiger partial charge >= 0.3 is 5.97 Å². The lowest BCUT2D eigenvalue weighted by molar-refractivity contribution is -0.137. The van der Waals surface area contributed by atoms with Gasteiger partial charge in [-0.05, 0) is 36.2 Å². The van der Waals surface area contributed by atoms with Crippen LogP contribution in [0.1, 0.15) is 42.9 Å². The molecule has 8 nitrogen and oxygen atoms in total. The molecule has 0 fully saturated rings. The number of halogens is 1. The molecule has 5 rings (SSSR count). The number of rotatable bonds is 8. The van der Waals surface area contributed by atoms with Crippen molar-refractivity contribution < 1.29 is 19.4 Å². The summed E-state index contributed by atoms with van der Waals surface area (Å²) in [7, 11) is 1.56. The maximum absolute atomic E-state index is 13.6. The maximum Gasteiger partial charge on any atom is 0.303 e. The Morgan fingerprint density at radius 2 is 1.79 bits per heavy atom. The molecule has 2 N–H and O–H groups in total. The van der Waals surface area contributed by atoms with E-state index in [0.717, 1.165) is 26.5 Å². The molecule has 0 saturated heterocycles. The molecular weight excluding hydrogens is 562 g/mol. The number of carboxylic acids is 1. The summed E-state index contributed by atoms with van der Waals surface area (Å²) in [6.45, 7) is 0. The third kappa shape index (κ3) is 5.35. The van der Waals surface area contributed by atoms with Crippen molar-refractivity contribution in [1.29, 1.82) is 0 Å². The van der Waals surface area contributed by atoms with Gasteiger partial charge in [0.05, 0.1) is 24.4 Å². The van der Waals surface area contributed by atoms with Crippen LogP contribution in [0.15, 0.2) is 87.2 Å². The number of nitrogens with zero attached hydrogens (tertiary/aromatic N) is 2. The van der Waals surface area contributed by atoms with Gasteiger partial charge in [0.25, 0.3) is 5.56 Å². The van der Waals surface area contributed by atoms with E-state index in [4.69, 9.17) is 14.9 Å². The average molecular weight is 588 g/mol. The first-order valence-corrected chi connectivity index (χ1v) is 13.3. The van der Waals surface area contributed by atoms with Crippen LogP contribution in [-0.4, -0.2) is 39.8 Å². The first-order chi connectivity index (χ1) is 18.9. The minimum Gasteiger partial charge on any atom is -0.496 e. The number of H-pyrrole nitrogens is 1. The topological polar surface area (TPSA) is 112 Å². The van der Waals surface area contributed by atoms with Gasteiger partial charge < -0.3 is 14.8 Å². The average Bonchev–Trinajstić information content (AvgIpc) is 3.37. The van der Waals surface area contributed by atoms with Gasteiger partial charge in [0.1, 0.15) is 5.75 Å². The molecule has 4 aromatic rings. The van der Waals surface area contributed by atoms with Gasteiger partial charge in [-0.2, -0.15) is 5.10 Å². The maximum atomic E-state index is 13.6. The molecule has 1 amide bonds. The van der Waals surface area contributed by atoms with E-state index < -0.39 is 12.0 Å². The Kier molecular flexibility index (Phi) is 7.60. The largest absolute Gasteiger partial charge is 0.496 e. The summed E-state index contributed by atoms with van der Waals surface area (Å²) in [5.41, 5.74) is 3.59. The fourth-order valence-corrected chi connectivity index (χ4v) is 5.39. The van der Waals surface area contributed by atoms with Gasteiger partial charge in [0.15, 0.2) is 0 Å². The molecule has 0 bridgehead atoms. The van der Waals surface area contributed by atoms with Crippen LogP contribution in [0.4, 0.5) is 0 Å². The van der Waals surface area contributed by atoms with Crippen LogP contribution >= 0.6 is 15.9 Å². The molecule has 0 spiro atoms. The second kappa shape index (κ2) is 11.2. The Morgan fingerprint density at radius 3 is 2.54 bits per heavy atom. The zero-order valence-electron chi connectivity index (χ0n) is 21.2. The number of ether oxygens (including phenoxy) is 1. The number of carbonyl (C=O) groups excluding carboxylic acids is 1. The Labute approximate surface area is 233 Å². The lowest BCUT2D eigenvalue weighted by atomic mass is 9.91. The number of hydrogen-bond donors (Lipinski definition) is 2. The third-order valence-corrected chi connectivity index (χ3v) is 7.27. The molecule has 2 heterocycles. The molecule has 0 aliphatic carbocycles. The fourth-order valence-electron chi connectivity index (χ4n) is 5.03. The summed E-state index contributed by atoms with van der Waals surface area (Å²) >= 11 is 3.55. The number of hydrazone groups is 1. The Morgan fingerprint density at radius 1 is 1.05 bits per heavy atom. The van der Waals surface area contributed by atoms with E-state index in [0.29, 0.717) is 22.5 Å². The van der Waals surface area contributed by atoms with E-state index >= 15 is 0 Å². The highest BCUT2D eigenvalue weighted by atomic mass is 79.9. The first kappa shape index (κ1) is 26.4. The second-order valence-corrected chi connectivity index (χ2v) is 10.2. The highest BCUT2D eigenvalue weighted by Crippen LogP contribution is 2.40. The lowest BCUT2D eigenvalue weighted by Gasteiger charge is -2.23. The van der Waals surface area contributed by atoms with Crippen molar-refractivity contribution in [1.82, 2.24) is 9.99 Å². The van der Waals surface area contributed by atoms with E-state index in [9.17, 15) is 14.4 Å². The van der Waals surface area contributed by atoms with Gasteiger partial charge in [-0.1, -0.05) is 64.5 Å². The number of amides is 1. The van der Waals surface area contributed by atoms with Gasteiger partial charge in [-0.15, -0.1) is 0 Å². The first-order valence-electron chi connectivity index (χ1n) is 12.5. The summed E-state index contributed by atoms with van der Waals surface area (Å²) in [5.74, 6) is -0.679. The molecule has 0 radical (unpaired) electrons. The molecule has 1 aliphatic rings. The number of fused-ring (bicyclic) bond motifs is 1. The zero-order valence-corrected chi connectivity index (χ0v) is 22.8. The number of aromatic nitrogens is 1. The number of methoxy groups -OCH3 is 1. The number of aliphatic carboxylic acids is 1. The van der Waals surface area contributed by atoms with Gasteiger partial charge in [-0.25, -0.2) is 5.01 Å². The van der Waals surface area contributed by atoms with E-state index in [2.05, 4.69) is 20.9 Å². The number of aromatic amines is 1. The van der Waals surface area contributed by atoms with Gasteiger partial charge in [-0.3, -0.25) is 14.4 Å². The molecule has 198 valence electrons. The summed E-state index contributed by atoms with van der Waals surface area (Å²) in [5, 5.41) is 16.0. The summed E-state index contributed by atoms with van der Waals surface area (Å²) < 4.78 is 6.45. The number of pyridine rings is 1. The summed E-state index contributed by atoms with van der Waals surface area (Å²) in [6.07, 6.45) is 0.371. The van der Waals surface area contributed by atoms with Crippen molar-refractivity contribution in [3.63, 3.8) is 0 Å². The van der Waals surface area contributed by atoms with Gasteiger partial charge in [0, 0.05) is 45.8 Å². The zero-order chi connectivity index (χ0) is 27.5. The van der Waals surface area contributed by atoms with Crippen molar-refractivity contribution in [2.75, 3.05) is 7.11 Å². The molecule has 9 heteroatoms. The lowest BCUT2D eigenvalue weighted by Crippen LogP contribution is -2.27. The van der Waals surface area contributed by atoms with Crippen molar-refractivity contribution in [2.45, 2.75) is 31.7 Å². The molecule has 0 saturated carbocycles. The van der Waals surface area contributed by atoms with Crippen molar-refractivity contribution in [3.05, 3.63) is 98.7 Å². The van der Waals surface area contributed by atoms with Crippen molar-refractivity contribution in [3.8, 4) is 16.9 Å². The fraction of sp³-hybridized carbons (Fsp3) is 0.200. The van der Waals surface area contributed by atoms with Crippen LogP contribution in [0.2, 0.25) is 0 Å². The normalized spacial score (nSPS) is 14.9.